The lowest BCUT2D eigenvalue weighted by Crippen LogP contribution is -2.15. The highest BCUT2D eigenvalue weighted by Gasteiger charge is 2.14. The maximum atomic E-state index is 12.6. The highest BCUT2D eigenvalue weighted by molar-refractivity contribution is 6.34. The summed E-state index contributed by atoms with van der Waals surface area (Å²) < 4.78 is 4.69. The van der Waals surface area contributed by atoms with Gasteiger partial charge >= 0.3 is 5.97 Å². The number of halogens is 1. The fourth-order valence-electron chi connectivity index (χ4n) is 2.49. The number of nitrogens with one attached hydrogen (secondary N) is 2. The number of aromatic nitrogens is 1. The number of carbonyl (C=O) groups excluding carboxylic acids is 2. The van der Waals surface area contributed by atoms with Crippen molar-refractivity contribution < 1.29 is 14.3 Å². The summed E-state index contributed by atoms with van der Waals surface area (Å²) in [4.78, 5) is 28.4. The summed E-state index contributed by atoms with van der Waals surface area (Å²) >= 11 is 6.13. The Morgan fingerprint density at radius 2 is 1.75 bits per heavy atom. The van der Waals surface area contributed by atoms with Gasteiger partial charge in [0.25, 0.3) is 5.91 Å². The van der Waals surface area contributed by atoms with Crippen molar-refractivity contribution in [2.75, 3.05) is 17.7 Å². The molecule has 0 fully saturated rings. The normalized spacial score (nSPS) is 10.2. The van der Waals surface area contributed by atoms with Crippen LogP contribution in [0.15, 0.2) is 60.8 Å². The number of ether oxygens (including phenoxy) is 1. The van der Waals surface area contributed by atoms with Crippen LogP contribution in [0.25, 0.3) is 0 Å². The zero-order valence-electron chi connectivity index (χ0n) is 15.3. The number of hydrogen-bond donors (Lipinski definition) is 2. The van der Waals surface area contributed by atoms with E-state index in [1.54, 1.807) is 12.1 Å². The zero-order chi connectivity index (χ0) is 20.1. The third-order valence-electron chi connectivity index (χ3n) is 3.97. The number of nitrogens with zero attached hydrogens (tertiary/aromatic N) is 1. The molecule has 142 valence electrons. The minimum Gasteiger partial charge on any atom is -0.465 e. The fourth-order valence-corrected chi connectivity index (χ4v) is 2.65. The number of amides is 1. The van der Waals surface area contributed by atoms with E-state index in [2.05, 4.69) is 20.4 Å². The third kappa shape index (κ3) is 4.66. The monoisotopic (exact) mass is 395 g/mol. The molecule has 0 bridgehead atoms. The standard InChI is InChI=1S/C21H18ClN3O3/c1-13-3-6-15(7-4-13)24-16-9-10-23-19(12-16)20(26)25-18-11-14(21(27)28-2)5-8-17(18)22/h3-12H,1-2H3,(H,23,24)(H,25,26). The van der Waals surface area contributed by atoms with Crippen molar-refractivity contribution in [1.29, 1.82) is 0 Å². The van der Waals surface area contributed by atoms with Crippen molar-refractivity contribution in [3.63, 3.8) is 0 Å². The first-order valence-electron chi connectivity index (χ1n) is 8.45. The first-order valence-corrected chi connectivity index (χ1v) is 8.83. The van der Waals surface area contributed by atoms with Gasteiger partial charge in [-0.3, -0.25) is 9.78 Å². The Kier molecular flexibility index (Phi) is 5.91. The Morgan fingerprint density at radius 1 is 1.00 bits per heavy atom. The third-order valence-corrected chi connectivity index (χ3v) is 4.30. The van der Waals surface area contributed by atoms with Crippen LogP contribution in [-0.4, -0.2) is 24.0 Å². The van der Waals surface area contributed by atoms with Crippen molar-refractivity contribution in [2.24, 2.45) is 0 Å². The Bertz CT molecular complexity index is 1020. The van der Waals surface area contributed by atoms with Gasteiger partial charge in [0.2, 0.25) is 0 Å². The predicted octanol–water partition coefficient (Wildman–Crippen LogP) is 4.83. The molecular weight excluding hydrogens is 378 g/mol. The average molecular weight is 396 g/mol. The van der Waals surface area contributed by atoms with Crippen LogP contribution in [0.3, 0.4) is 0 Å². The van der Waals surface area contributed by atoms with E-state index in [9.17, 15) is 9.59 Å². The molecule has 0 aliphatic carbocycles. The SMILES string of the molecule is COC(=O)c1ccc(Cl)c(NC(=O)c2cc(Nc3ccc(C)cc3)ccn2)c1. The lowest BCUT2D eigenvalue weighted by atomic mass is 10.2. The van der Waals surface area contributed by atoms with E-state index in [1.165, 1.54) is 31.5 Å². The van der Waals surface area contributed by atoms with Gasteiger partial charge in [-0.15, -0.1) is 0 Å². The van der Waals surface area contributed by atoms with E-state index in [1.807, 2.05) is 31.2 Å². The topological polar surface area (TPSA) is 80.3 Å². The number of pyridine rings is 1. The summed E-state index contributed by atoms with van der Waals surface area (Å²) in [5.74, 6) is -0.967. The van der Waals surface area contributed by atoms with E-state index in [0.717, 1.165) is 16.9 Å². The predicted molar refractivity (Wildman–Crippen MR) is 109 cm³/mol. The Balaban J connectivity index is 1.78. The van der Waals surface area contributed by atoms with Crippen molar-refractivity contribution in [3.8, 4) is 0 Å². The smallest absolute Gasteiger partial charge is 0.337 e. The maximum absolute atomic E-state index is 12.6. The number of methoxy groups -OCH3 is 1. The fraction of sp³-hybridized carbons (Fsp3) is 0.0952. The van der Waals surface area contributed by atoms with Crippen molar-refractivity contribution >= 4 is 40.5 Å². The highest BCUT2D eigenvalue weighted by atomic mass is 35.5. The van der Waals surface area contributed by atoms with E-state index in [-0.39, 0.29) is 11.3 Å². The Hall–Kier alpha value is -3.38. The molecule has 1 aromatic heterocycles. The van der Waals surface area contributed by atoms with Gasteiger partial charge in [0.05, 0.1) is 23.4 Å². The molecule has 6 nitrogen and oxygen atoms in total. The van der Waals surface area contributed by atoms with E-state index in [0.29, 0.717) is 10.7 Å². The van der Waals surface area contributed by atoms with Crippen LogP contribution in [0, 0.1) is 6.92 Å². The van der Waals surface area contributed by atoms with Crippen LogP contribution in [0.2, 0.25) is 5.02 Å². The van der Waals surface area contributed by atoms with Gasteiger partial charge in [-0.1, -0.05) is 29.3 Å². The lowest BCUT2D eigenvalue weighted by Gasteiger charge is -2.10. The molecule has 0 aliphatic heterocycles. The number of benzene rings is 2. The van der Waals surface area contributed by atoms with Crippen LogP contribution in [-0.2, 0) is 4.74 Å². The molecule has 1 amide bonds. The van der Waals surface area contributed by atoms with Gasteiger partial charge in [-0.25, -0.2) is 4.79 Å². The van der Waals surface area contributed by atoms with Gasteiger partial charge in [-0.05, 0) is 49.4 Å². The molecule has 0 saturated heterocycles. The van der Waals surface area contributed by atoms with E-state index >= 15 is 0 Å². The molecule has 0 saturated carbocycles. The molecule has 2 N–H and O–H groups in total. The van der Waals surface area contributed by atoms with Gasteiger partial charge in [-0.2, -0.15) is 0 Å². The minimum atomic E-state index is -0.519. The van der Waals surface area contributed by atoms with Crippen LogP contribution >= 0.6 is 11.6 Å². The minimum absolute atomic E-state index is 0.205. The van der Waals surface area contributed by atoms with Crippen LogP contribution < -0.4 is 10.6 Å². The first-order chi connectivity index (χ1) is 13.5. The number of aryl methyl sites for hydroxylation is 1. The number of rotatable bonds is 5. The van der Waals surface area contributed by atoms with E-state index in [4.69, 9.17) is 11.6 Å². The molecule has 28 heavy (non-hydrogen) atoms. The maximum Gasteiger partial charge on any atom is 0.337 e. The van der Waals surface area contributed by atoms with Crippen molar-refractivity contribution in [1.82, 2.24) is 4.98 Å². The number of esters is 1. The quantitative estimate of drug-likeness (QED) is 0.605. The van der Waals surface area contributed by atoms with Crippen molar-refractivity contribution in [2.45, 2.75) is 6.92 Å². The van der Waals surface area contributed by atoms with Gasteiger partial charge in [0, 0.05) is 17.6 Å². The van der Waals surface area contributed by atoms with Crippen LogP contribution in [0.4, 0.5) is 17.1 Å². The molecule has 0 spiro atoms. The summed E-state index contributed by atoms with van der Waals surface area (Å²) in [6.45, 7) is 2.01. The number of carbonyl (C=O) groups is 2. The molecule has 1 heterocycles. The van der Waals surface area contributed by atoms with Crippen LogP contribution in [0.5, 0.6) is 0 Å². The van der Waals surface area contributed by atoms with Crippen LogP contribution in [0.1, 0.15) is 26.4 Å². The molecule has 0 radical (unpaired) electrons. The molecule has 0 atom stereocenters. The summed E-state index contributed by atoms with van der Waals surface area (Å²) in [5.41, 5.74) is 3.57. The summed E-state index contributed by atoms with van der Waals surface area (Å²) in [6, 6.07) is 15.8. The molecule has 3 rings (SSSR count). The molecule has 3 aromatic rings. The summed E-state index contributed by atoms with van der Waals surface area (Å²) in [7, 11) is 1.28. The van der Waals surface area contributed by atoms with Gasteiger partial charge in [0.1, 0.15) is 5.69 Å². The molecule has 0 unspecified atom stereocenters. The number of hydrogen-bond acceptors (Lipinski definition) is 5. The van der Waals surface area contributed by atoms with E-state index < -0.39 is 11.9 Å². The average Bonchev–Trinajstić information content (AvgIpc) is 2.71. The summed E-state index contributed by atoms with van der Waals surface area (Å²) in [6.07, 6.45) is 1.54. The Morgan fingerprint density at radius 3 is 2.46 bits per heavy atom. The second-order valence-corrected chi connectivity index (χ2v) is 6.47. The highest BCUT2D eigenvalue weighted by Crippen LogP contribution is 2.24. The summed E-state index contributed by atoms with van der Waals surface area (Å²) in [5, 5.41) is 6.20. The number of anilines is 3. The van der Waals surface area contributed by atoms with Crippen molar-refractivity contribution in [3.05, 3.63) is 82.6 Å². The first kappa shape index (κ1) is 19.4. The molecule has 2 aromatic carbocycles. The largest absolute Gasteiger partial charge is 0.465 e. The molecule has 7 heteroatoms. The second-order valence-electron chi connectivity index (χ2n) is 6.06. The molecular formula is C21H18ClN3O3. The zero-order valence-corrected chi connectivity index (χ0v) is 16.1. The Labute approximate surface area is 167 Å². The lowest BCUT2D eigenvalue weighted by molar-refractivity contribution is 0.0600. The second kappa shape index (κ2) is 8.54. The molecule has 0 aliphatic rings. The van der Waals surface area contributed by atoms with Gasteiger partial charge < -0.3 is 15.4 Å². The van der Waals surface area contributed by atoms with Gasteiger partial charge in [0.15, 0.2) is 0 Å².